The van der Waals surface area contributed by atoms with Gasteiger partial charge in [0.05, 0.1) is 17.1 Å². The van der Waals surface area contributed by atoms with Crippen molar-refractivity contribution >= 4 is 52.4 Å². The number of nitrogens with zero attached hydrogens (tertiary/aromatic N) is 1. The maximum absolute atomic E-state index is 13.0. The molecule has 0 bridgehead atoms. The van der Waals surface area contributed by atoms with Crippen LogP contribution in [0.4, 0.5) is 20.6 Å². The van der Waals surface area contributed by atoms with Gasteiger partial charge in [0.1, 0.15) is 11.9 Å². The zero-order valence-electron chi connectivity index (χ0n) is 15.0. The monoisotopic (exact) mass is 438 g/mol. The highest BCUT2D eigenvalue weighted by molar-refractivity contribution is 6.35. The van der Waals surface area contributed by atoms with Gasteiger partial charge in [-0.1, -0.05) is 23.2 Å². The van der Waals surface area contributed by atoms with Gasteiger partial charge in [0.25, 0.3) is 0 Å². The summed E-state index contributed by atoms with van der Waals surface area (Å²) in [5.41, 5.74) is 0.680. The minimum Gasteiger partial charge on any atom is -0.353 e. The van der Waals surface area contributed by atoms with Gasteiger partial charge in [-0.25, -0.2) is 9.18 Å². The molecule has 1 heterocycles. The third-order valence-electron chi connectivity index (χ3n) is 4.27. The normalized spacial score (nSPS) is 16.2. The number of carbonyl (C=O) groups is 3. The number of halogens is 3. The number of carbonyl (C=O) groups excluding carboxylic acids is 3. The summed E-state index contributed by atoms with van der Waals surface area (Å²) in [6.45, 7) is 0.475. The number of anilines is 2. The lowest BCUT2D eigenvalue weighted by Crippen LogP contribution is -2.59. The molecular formula is C19H17Cl2FN4O3. The van der Waals surface area contributed by atoms with Crippen LogP contribution in [0.15, 0.2) is 42.5 Å². The number of piperazine rings is 1. The van der Waals surface area contributed by atoms with E-state index >= 15 is 0 Å². The maximum Gasteiger partial charge on any atom is 0.322 e. The first-order valence-corrected chi connectivity index (χ1v) is 9.45. The predicted octanol–water partition coefficient (Wildman–Crippen LogP) is 3.49. The van der Waals surface area contributed by atoms with Crippen LogP contribution in [0, 0.1) is 5.82 Å². The van der Waals surface area contributed by atoms with Crippen molar-refractivity contribution in [2.24, 2.45) is 0 Å². The van der Waals surface area contributed by atoms with Gasteiger partial charge >= 0.3 is 6.03 Å². The second kappa shape index (κ2) is 9.11. The molecule has 0 aliphatic carbocycles. The Morgan fingerprint density at radius 2 is 1.86 bits per heavy atom. The first-order chi connectivity index (χ1) is 13.8. The zero-order valence-corrected chi connectivity index (χ0v) is 16.6. The van der Waals surface area contributed by atoms with Gasteiger partial charge in [0, 0.05) is 23.8 Å². The lowest BCUT2D eigenvalue weighted by atomic mass is 10.1. The molecule has 3 rings (SSSR count). The van der Waals surface area contributed by atoms with Gasteiger partial charge in [-0.2, -0.15) is 0 Å². The molecule has 1 aliphatic rings. The Hall–Kier alpha value is -2.84. The lowest BCUT2D eigenvalue weighted by Gasteiger charge is -2.34. The molecule has 1 aliphatic heterocycles. The van der Waals surface area contributed by atoms with E-state index in [9.17, 15) is 18.8 Å². The summed E-state index contributed by atoms with van der Waals surface area (Å²) in [7, 11) is 0. The van der Waals surface area contributed by atoms with Crippen molar-refractivity contribution in [3.05, 3.63) is 58.3 Å². The van der Waals surface area contributed by atoms with E-state index in [1.807, 2.05) is 0 Å². The highest BCUT2D eigenvalue weighted by Gasteiger charge is 2.35. The molecule has 1 saturated heterocycles. The number of rotatable bonds is 4. The smallest absolute Gasteiger partial charge is 0.322 e. The minimum absolute atomic E-state index is 0.217. The molecule has 0 aromatic heterocycles. The molecule has 0 spiro atoms. The van der Waals surface area contributed by atoms with E-state index in [0.29, 0.717) is 21.4 Å². The number of benzene rings is 2. The Morgan fingerprint density at radius 1 is 1.14 bits per heavy atom. The Kier molecular flexibility index (Phi) is 6.56. The molecule has 4 amide bonds. The minimum atomic E-state index is -1.01. The number of nitrogens with one attached hydrogen (secondary N) is 3. The van der Waals surface area contributed by atoms with Crippen molar-refractivity contribution in [1.82, 2.24) is 10.2 Å². The largest absolute Gasteiger partial charge is 0.353 e. The second-order valence-corrected chi connectivity index (χ2v) is 7.16. The Bertz CT molecular complexity index is 940. The topological polar surface area (TPSA) is 90.5 Å². The zero-order chi connectivity index (χ0) is 21.0. The molecule has 0 saturated carbocycles. The molecule has 10 heteroatoms. The summed E-state index contributed by atoms with van der Waals surface area (Å²) < 4.78 is 13.0. The van der Waals surface area contributed by atoms with Gasteiger partial charge in [-0.3, -0.25) is 9.59 Å². The van der Waals surface area contributed by atoms with E-state index < -0.39 is 29.7 Å². The number of amides is 4. The van der Waals surface area contributed by atoms with Gasteiger partial charge < -0.3 is 20.9 Å². The predicted molar refractivity (Wildman–Crippen MR) is 109 cm³/mol. The van der Waals surface area contributed by atoms with Gasteiger partial charge in [-0.05, 0) is 42.5 Å². The number of hydrogen-bond acceptors (Lipinski definition) is 3. The Morgan fingerprint density at radius 3 is 2.59 bits per heavy atom. The SMILES string of the molecule is O=C(C[C@@H]1C(=O)NCCN1C(=O)Nc1ccc(F)cc1)Nc1cc(Cl)ccc1Cl. The average molecular weight is 439 g/mol. The van der Waals surface area contributed by atoms with E-state index in [0.717, 1.165) is 0 Å². The molecule has 1 atom stereocenters. The maximum atomic E-state index is 13.0. The first kappa shape index (κ1) is 20.9. The summed E-state index contributed by atoms with van der Waals surface area (Å²) in [6.07, 6.45) is -0.272. The van der Waals surface area contributed by atoms with Crippen LogP contribution >= 0.6 is 23.2 Å². The Balaban J connectivity index is 1.69. The van der Waals surface area contributed by atoms with Crippen molar-refractivity contribution in [3.63, 3.8) is 0 Å². The van der Waals surface area contributed by atoms with E-state index in [1.54, 1.807) is 6.07 Å². The molecule has 152 valence electrons. The van der Waals surface area contributed by atoms with E-state index in [-0.39, 0.29) is 19.5 Å². The number of urea groups is 1. The van der Waals surface area contributed by atoms with Crippen LogP contribution in [0.5, 0.6) is 0 Å². The van der Waals surface area contributed by atoms with Crippen LogP contribution in [-0.4, -0.2) is 41.9 Å². The van der Waals surface area contributed by atoms with Crippen LogP contribution in [0.1, 0.15) is 6.42 Å². The fraction of sp³-hybridized carbons (Fsp3) is 0.211. The molecule has 1 fully saturated rings. The van der Waals surface area contributed by atoms with Gasteiger partial charge in [0.15, 0.2) is 0 Å². The van der Waals surface area contributed by atoms with Crippen molar-refractivity contribution in [3.8, 4) is 0 Å². The van der Waals surface area contributed by atoms with E-state index in [4.69, 9.17) is 23.2 Å². The average Bonchev–Trinajstić information content (AvgIpc) is 2.68. The van der Waals surface area contributed by atoms with Crippen LogP contribution in [0.2, 0.25) is 10.0 Å². The molecule has 7 nitrogen and oxygen atoms in total. The van der Waals surface area contributed by atoms with Crippen LogP contribution in [0.3, 0.4) is 0 Å². The van der Waals surface area contributed by atoms with Crippen molar-refractivity contribution in [2.45, 2.75) is 12.5 Å². The van der Waals surface area contributed by atoms with E-state index in [2.05, 4.69) is 16.0 Å². The second-order valence-electron chi connectivity index (χ2n) is 6.31. The number of hydrogen-bond donors (Lipinski definition) is 3. The molecular weight excluding hydrogens is 422 g/mol. The Labute approximate surface area is 176 Å². The fourth-order valence-electron chi connectivity index (χ4n) is 2.86. The van der Waals surface area contributed by atoms with Crippen molar-refractivity contribution in [1.29, 1.82) is 0 Å². The highest BCUT2D eigenvalue weighted by Crippen LogP contribution is 2.26. The molecule has 29 heavy (non-hydrogen) atoms. The van der Waals surface area contributed by atoms with Crippen molar-refractivity contribution in [2.75, 3.05) is 23.7 Å². The third kappa shape index (κ3) is 5.36. The highest BCUT2D eigenvalue weighted by atomic mass is 35.5. The molecule has 0 unspecified atom stereocenters. The van der Waals surface area contributed by atoms with Crippen molar-refractivity contribution < 1.29 is 18.8 Å². The summed E-state index contributed by atoms with van der Waals surface area (Å²) >= 11 is 11.9. The molecule has 2 aromatic carbocycles. The molecule has 2 aromatic rings. The van der Waals surface area contributed by atoms with E-state index in [1.165, 1.54) is 41.3 Å². The molecule has 3 N–H and O–H groups in total. The van der Waals surface area contributed by atoms with Gasteiger partial charge in [0.2, 0.25) is 11.8 Å². The summed E-state index contributed by atoms with van der Waals surface area (Å²) in [4.78, 5) is 38.6. The summed E-state index contributed by atoms with van der Waals surface area (Å²) in [5, 5.41) is 8.52. The molecule has 0 radical (unpaired) electrons. The van der Waals surface area contributed by atoms with Crippen LogP contribution < -0.4 is 16.0 Å². The third-order valence-corrected chi connectivity index (χ3v) is 4.83. The quantitative estimate of drug-likeness (QED) is 0.682. The summed E-state index contributed by atoms with van der Waals surface area (Å²) in [6, 6.07) is 8.25. The first-order valence-electron chi connectivity index (χ1n) is 8.69. The van der Waals surface area contributed by atoms with Gasteiger partial charge in [-0.15, -0.1) is 0 Å². The summed E-state index contributed by atoms with van der Waals surface area (Å²) in [5.74, 6) is -1.39. The standard InChI is InChI=1S/C19H17Cl2FN4O3/c20-11-1-6-14(21)15(9-11)25-17(27)10-16-18(28)23-7-8-26(16)19(29)24-13-4-2-12(22)3-5-13/h1-6,9,16H,7-8,10H2,(H,23,28)(H,24,29)(H,25,27)/t16-/m1/s1. The lowest BCUT2D eigenvalue weighted by molar-refractivity contribution is -0.130. The fourth-order valence-corrected chi connectivity index (χ4v) is 3.20. The van der Waals surface area contributed by atoms with Crippen LogP contribution in [0.25, 0.3) is 0 Å². The van der Waals surface area contributed by atoms with Crippen LogP contribution in [-0.2, 0) is 9.59 Å².